The van der Waals surface area contributed by atoms with Crippen LogP contribution < -0.4 is 4.74 Å². The van der Waals surface area contributed by atoms with E-state index in [-0.39, 0.29) is 21.1 Å². The van der Waals surface area contributed by atoms with Crippen molar-refractivity contribution in [3.63, 3.8) is 0 Å². The zero-order chi connectivity index (χ0) is 28.7. The summed E-state index contributed by atoms with van der Waals surface area (Å²) in [4.78, 5) is 13.7. The summed E-state index contributed by atoms with van der Waals surface area (Å²) in [6, 6.07) is 30.2. The molecule has 0 unspecified atom stereocenters. The number of rotatable bonds is 3. The fraction of sp³-hybridized carbons (Fsp3) is 0.0541. The molecule has 0 atom stereocenters. The van der Waals surface area contributed by atoms with Gasteiger partial charge in [0.2, 0.25) is 0 Å². The Morgan fingerprint density at radius 3 is 2.00 bits per heavy atom. The summed E-state index contributed by atoms with van der Waals surface area (Å²) in [5.41, 5.74) is 8.72. The van der Waals surface area contributed by atoms with Crippen molar-refractivity contribution in [3.8, 4) is 22.6 Å². The molecule has 0 aliphatic heterocycles. The Morgan fingerprint density at radius 2 is 1.27 bits per heavy atom. The normalized spacial score (nSPS) is 11.7. The molecule has 0 aliphatic rings. The SMILES string of the molecule is Cc1cccc(C)c1-c1cccc2c1c1ccc(Oc3[c-]c4c(cc3)c3ccncc3n3ccnc43)[c-]c1c1nccn21.[Pt+2]. The molecule has 0 spiro atoms. The van der Waals surface area contributed by atoms with Crippen molar-refractivity contribution in [2.75, 3.05) is 0 Å². The molecule has 0 fully saturated rings. The van der Waals surface area contributed by atoms with Crippen LogP contribution in [0.5, 0.6) is 11.5 Å². The van der Waals surface area contributed by atoms with Crippen molar-refractivity contribution in [2.24, 2.45) is 0 Å². The smallest absolute Gasteiger partial charge is 0.497 e. The fourth-order valence-electron chi connectivity index (χ4n) is 6.62. The number of hydrogen-bond acceptors (Lipinski definition) is 4. The minimum Gasteiger partial charge on any atom is -0.497 e. The van der Waals surface area contributed by atoms with Gasteiger partial charge in [-0.25, -0.2) is 0 Å². The average Bonchev–Trinajstić information content (AvgIpc) is 3.73. The standard InChI is InChI=1S/C37H23N5O.Pt/c1-22-5-3-6-23(2)34(22)29-7-4-8-32-35(29)28-12-10-25(20-31(28)37-40-15-17-41(32)37)43-24-9-11-26-27-13-14-38-21-33(27)42-18-16-39-36(42)30(26)19-24;/h3-18,21H,1-2H3;/q-2;+2. The molecule has 0 amide bonds. The van der Waals surface area contributed by atoms with E-state index >= 15 is 0 Å². The van der Waals surface area contributed by atoms with E-state index < -0.39 is 0 Å². The third kappa shape index (κ3) is 3.81. The first-order valence-electron chi connectivity index (χ1n) is 14.2. The molecular weight excluding hydrogens is 726 g/mol. The third-order valence-electron chi connectivity index (χ3n) is 8.46. The van der Waals surface area contributed by atoms with Gasteiger partial charge >= 0.3 is 21.1 Å². The second kappa shape index (κ2) is 10.0. The van der Waals surface area contributed by atoms with Crippen molar-refractivity contribution in [3.05, 3.63) is 127 Å². The minimum atomic E-state index is 0. The first kappa shape index (κ1) is 26.6. The van der Waals surface area contributed by atoms with E-state index in [0.29, 0.717) is 11.5 Å². The van der Waals surface area contributed by atoms with Crippen LogP contribution in [0, 0.1) is 26.0 Å². The molecule has 0 N–H and O–H groups in total. The molecule has 212 valence electrons. The second-order valence-electron chi connectivity index (χ2n) is 10.9. The van der Waals surface area contributed by atoms with E-state index in [4.69, 9.17) is 9.72 Å². The molecule has 5 aromatic heterocycles. The number of benzene rings is 4. The van der Waals surface area contributed by atoms with E-state index in [1.54, 1.807) is 6.20 Å². The number of fused-ring (bicyclic) bond motifs is 12. The van der Waals surface area contributed by atoms with Gasteiger partial charge in [-0.2, -0.15) is 0 Å². The zero-order valence-corrected chi connectivity index (χ0v) is 26.0. The van der Waals surface area contributed by atoms with Gasteiger partial charge in [0.05, 0.1) is 16.8 Å². The Bertz CT molecular complexity index is 2560. The van der Waals surface area contributed by atoms with Crippen LogP contribution in [0.4, 0.5) is 0 Å². The molecule has 9 rings (SSSR count). The molecule has 0 aliphatic carbocycles. The Morgan fingerprint density at radius 1 is 0.636 bits per heavy atom. The molecule has 9 aromatic rings. The van der Waals surface area contributed by atoms with Crippen LogP contribution in [0.15, 0.2) is 104 Å². The second-order valence-corrected chi connectivity index (χ2v) is 10.9. The van der Waals surface area contributed by atoms with Crippen LogP contribution >= 0.6 is 0 Å². The summed E-state index contributed by atoms with van der Waals surface area (Å²) in [6.07, 6.45) is 11.3. The molecule has 0 saturated carbocycles. The average molecular weight is 749 g/mol. The number of aryl methyl sites for hydroxylation is 2. The number of nitrogens with zero attached hydrogens (tertiary/aromatic N) is 5. The Balaban J connectivity index is 0.00000289. The van der Waals surface area contributed by atoms with E-state index in [1.165, 1.54) is 27.6 Å². The molecule has 0 saturated heterocycles. The van der Waals surface area contributed by atoms with E-state index in [2.05, 4.69) is 88.9 Å². The number of pyridine rings is 3. The van der Waals surface area contributed by atoms with Crippen LogP contribution in [-0.4, -0.2) is 23.8 Å². The maximum atomic E-state index is 6.43. The van der Waals surface area contributed by atoms with Crippen LogP contribution in [0.2, 0.25) is 0 Å². The first-order valence-corrected chi connectivity index (χ1v) is 14.2. The van der Waals surface area contributed by atoms with Gasteiger partial charge < -0.3 is 13.5 Å². The number of hydrogen-bond donors (Lipinski definition) is 0. The molecule has 6 nitrogen and oxygen atoms in total. The van der Waals surface area contributed by atoms with Crippen LogP contribution in [0.3, 0.4) is 0 Å². The number of ether oxygens (including phenoxy) is 1. The van der Waals surface area contributed by atoms with Crippen molar-refractivity contribution in [1.82, 2.24) is 23.8 Å². The molecule has 4 aromatic carbocycles. The maximum Gasteiger partial charge on any atom is 2.00 e. The molecule has 7 heteroatoms. The van der Waals surface area contributed by atoms with E-state index in [1.807, 2.05) is 53.6 Å². The predicted octanol–water partition coefficient (Wildman–Crippen LogP) is 8.66. The number of imidazole rings is 2. The summed E-state index contributed by atoms with van der Waals surface area (Å²) in [5.74, 6) is 1.19. The fourth-order valence-corrected chi connectivity index (χ4v) is 6.62. The van der Waals surface area contributed by atoms with E-state index in [9.17, 15) is 0 Å². The minimum absolute atomic E-state index is 0. The van der Waals surface area contributed by atoms with Gasteiger partial charge in [-0.1, -0.05) is 76.1 Å². The summed E-state index contributed by atoms with van der Waals surface area (Å²) < 4.78 is 10.6. The Labute approximate surface area is 266 Å². The zero-order valence-electron chi connectivity index (χ0n) is 23.8. The third-order valence-corrected chi connectivity index (χ3v) is 8.46. The van der Waals surface area contributed by atoms with Gasteiger partial charge in [-0.3, -0.25) is 15.0 Å². The monoisotopic (exact) mass is 748 g/mol. The Kier molecular flexibility index (Phi) is 6.04. The molecular formula is C37H23N5OPt. The number of aromatic nitrogens is 5. The molecule has 5 heterocycles. The predicted molar refractivity (Wildman–Crippen MR) is 171 cm³/mol. The van der Waals surface area contributed by atoms with Crippen molar-refractivity contribution in [2.45, 2.75) is 13.8 Å². The molecule has 0 radical (unpaired) electrons. The quantitative estimate of drug-likeness (QED) is 0.134. The Hall–Kier alpha value is -5.06. The van der Waals surface area contributed by atoms with E-state index in [0.717, 1.165) is 49.3 Å². The summed E-state index contributed by atoms with van der Waals surface area (Å²) in [6.45, 7) is 4.35. The van der Waals surface area contributed by atoms with Gasteiger partial charge in [0, 0.05) is 54.2 Å². The van der Waals surface area contributed by atoms with Gasteiger partial charge in [-0.05, 0) is 59.0 Å². The van der Waals surface area contributed by atoms with Gasteiger partial charge in [0.25, 0.3) is 0 Å². The molecule has 0 bridgehead atoms. The largest absolute Gasteiger partial charge is 2.00 e. The van der Waals surface area contributed by atoms with Crippen LogP contribution in [-0.2, 0) is 21.1 Å². The summed E-state index contributed by atoms with van der Waals surface area (Å²) in [5, 5.41) is 6.19. The van der Waals surface area contributed by atoms with Gasteiger partial charge in [0.15, 0.2) is 0 Å². The van der Waals surface area contributed by atoms with Gasteiger partial charge in [-0.15, -0.1) is 12.1 Å². The van der Waals surface area contributed by atoms with Crippen LogP contribution in [0.25, 0.3) is 65.8 Å². The van der Waals surface area contributed by atoms with Gasteiger partial charge in [0.1, 0.15) is 0 Å². The van der Waals surface area contributed by atoms with Crippen molar-refractivity contribution in [1.29, 1.82) is 0 Å². The van der Waals surface area contributed by atoms with Crippen LogP contribution in [0.1, 0.15) is 11.1 Å². The molecule has 44 heavy (non-hydrogen) atoms. The first-order chi connectivity index (χ1) is 21.2. The topological polar surface area (TPSA) is 56.7 Å². The van der Waals surface area contributed by atoms with Crippen molar-refractivity contribution < 1.29 is 25.8 Å². The van der Waals surface area contributed by atoms with Crippen molar-refractivity contribution >= 4 is 54.6 Å². The maximum absolute atomic E-state index is 6.43. The summed E-state index contributed by atoms with van der Waals surface area (Å²) >= 11 is 0. The summed E-state index contributed by atoms with van der Waals surface area (Å²) in [7, 11) is 0.